The number of fused-ring (bicyclic) bond motifs is 2. The number of amides is 1. The Kier molecular flexibility index (Phi) is 5.88. The van der Waals surface area contributed by atoms with E-state index in [0.717, 1.165) is 21.9 Å². The molecule has 0 aliphatic carbocycles. The van der Waals surface area contributed by atoms with Gasteiger partial charge in [0.1, 0.15) is 11.4 Å². The second-order valence-electron chi connectivity index (χ2n) is 7.82. The third-order valence-electron chi connectivity index (χ3n) is 5.51. The van der Waals surface area contributed by atoms with Gasteiger partial charge in [0.15, 0.2) is 11.3 Å². The smallest absolute Gasteiger partial charge is 0.276 e. The van der Waals surface area contributed by atoms with Crippen molar-refractivity contribution in [3.8, 4) is 5.75 Å². The first kappa shape index (κ1) is 21.3. The molecule has 1 amide bonds. The van der Waals surface area contributed by atoms with Crippen LogP contribution in [0.3, 0.4) is 0 Å². The normalized spacial score (nSPS) is 16.8. The lowest BCUT2D eigenvalue weighted by atomic mass is 10.1. The molecular formula is C26H24N4O2S. The summed E-state index contributed by atoms with van der Waals surface area (Å²) in [6.45, 7) is 4.56. The Hall–Kier alpha value is -3.58. The number of ether oxygens (including phenoxy) is 1. The maximum atomic E-state index is 13.3. The quantitative estimate of drug-likeness (QED) is 0.639. The second kappa shape index (κ2) is 9.11. The van der Waals surface area contributed by atoms with Crippen LogP contribution in [0, 0.1) is 6.92 Å². The van der Waals surface area contributed by atoms with Gasteiger partial charge in [-0.3, -0.25) is 15.1 Å². The highest BCUT2D eigenvalue weighted by Crippen LogP contribution is 2.35. The van der Waals surface area contributed by atoms with Gasteiger partial charge in [-0.05, 0) is 31.5 Å². The molecule has 1 atom stereocenters. The molecule has 0 aromatic heterocycles. The van der Waals surface area contributed by atoms with Crippen molar-refractivity contribution in [2.75, 3.05) is 6.61 Å². The lowest BCUT2D eigenvalue weighted by molar-refractivity contribution is -0.116. The first-order valence-electron chi connectivity index (χ1n) is 10.9. The number of nitrogens with zero attached hydrogens (tertiary/aromatic N) is 3. The van der Waals surface area contributed by atoms with Crippen molar-refractivity contribution < 1.29 is 9.53 Å². The number of hydrogen-bond donors (Lipinski definition) is 1. The summed E-state index contributed by atoms with van der Waals surface area (Å²) in [4.78, 5) is 18.3. The molecule has 0 spiro atoms. The molecular weight excluding hydrogens is 432 g/mol. The van der Waals surface area contributed by atoms with E-state index >= 15 is 0 Å². The summed E-state index contributed by atoms with van der Waals surface area (Å²) in [5.41, 5.74) is 3.75. The van der Waals surface area contributed by atoms with Crippen molar-refractivity contribution in [2.45, 2.75) is 25.8 Å². The van der Waals surface area contributed by atoms with E-state index in [1.165, 1.54) is 22.9 Å². The van der Waals surface area contributed by atoms with E-state index in [2.05, 4.69) is 36.5 Å². The van der Waals surface area contributed by atoms with Crippen LogP contribution in [-0.4, -0.2) is 22.7 Å². The van der Waals surface area contributed by atoms with Crippen molar-refractivity contribution in [3.05, 3.63) is 100 Å². The first-order chi connectivity index (χ1) is 16.1. The van der Waals surface area contributed by atoms with Gasteiger partial charge >= 0.3 is 0 Å². The maximum absolute atomic E-state index is 13.3. The van der Waals surface area contributed by atoms with E-state index in [4.69, 9.17) is 14.8 Å². The minimum absolute atomic E-state index is 0.183. The highest BCUT2D eigenvalue weighted by molar-refractivity contribution is 8.13. The number of rotatable bonds is 5. The van der Waals surface area contributed by atoms with Crippen LogP contribution in [0.15, 0.2) is 82.9 Å². The van der Waals surface area contributed by atoms with Crippen LogP contribution in [0.25, 0.3) is 5.70 Å². The average molecular weight is 457 g/mol. The zero-order valence-corrected chi connectivity index (χ0v) is 19.3. The van der Waals surface area contributed by atoms with Crippen LogP contribution in [0.2, 0.25) is 0 Å². The van der Waals surface area contributed by atoms with E-state index in [0.29, 0.717) is 23.2 Å². The summed E-state index contributed by atoms with van der Waals surface area (Å²) in [5, 5.41) is 11.6. The number of para-hydroxylation sites is 2. The molecule has 5 rings (SSSR count). The molecule has 6 nitrogen and oxygen atoms in total. The summed E-state index contributed by atoms with van der Waals surface area (Å²) in [7, 11) is 0. The van der Waals surface area contributed by atoms with Gasteiger partial charge in [0, 0.05) is 16.5 Å². The standard InChI is InChI=1S/C26H24N4O2S/c1-3-32-22-11-7-5-9-20(22)24-27-21-10-6-4-8-19(21)23-25(31)28-26(29-30(23)24)33-16-18-14-12-17(2)13-15-18/h4-15,24H,3,16H2,1-2H3,(H,28,29,31). The molecule has 3 aromatic rings. The molecule has 2 aliphatic rings. The molecule has 0 bridgehead atoms. The summed E-state index contributed by atoms with van der Waals surface area (Å²) in [6, 6.07) is 23.8. The van der Waals surface area contributed by atoms with Crippen molar-refractivity contribution in [2.24, 2.45) is 10.1 Å². The zero-order chi connectivity index (χ0) is 22.8. The van der Waals surface area contributed by atoms with Crippen LogP contribution in [0.1, 0.15) is 29.8 Å². The molecule has 33 heavy (non-hydrogen) atoms. The fraction of sp³-hybridized carbons (Fsp3) is 0.192. The topological polar surface area (TPSA) is 66.3 Å². The Morgan fingerprint density at radius 1 is 1.03 bits per heavy atom. The predicted molar refractivity (Wildman–Crippen MR) is 131 cm³/mol. The summed E-state index contributed by atoms with van der Waals surface area (Å²) in [6.07, 6.45) is -0.501. The molecule has 1 unspecified atom stereocenters. The first-order valence-corrected chi connectivity index (χ1v) is 11.9. The highest BCUT2D eigenvalue weighted by atomic mass is 32.2. The van der Waals surface area contributed by atoms with E-state index in [9.17, 15) is 4.79 Å². The lowest BCUT2D eigenvalue weighted by Crippen LogP contribution is -2.50. The van der Waals surface area contributed by atoms with Gasteiger partial charge in [0.25, 0.3) is 5.91 Å². The fourth-order valence-corrected chi connectivity index (χ4v) is 4.72. The predicted octanol–water partition coefficient (Wildman–Crippen LogP) is 3.47. The maximum Gasteiger partial charge on any atom is 0.276 e. The fourth-order valence-electron chi connectivity index (χ4n) is 3.91. The van der Waals surface area contributed by atoms with Gasteiger partial charge in [0.05, 0.1) is 12.0 Å². The molecule has 166 valence electrons. The Morgan fingerprint density at radius 2 is 1.79 bits per heavy atom. The number of carbonyl (C=O) groups excluding carboxylic acids is 1. The van der Waals surface area contributed by atoms with E-state index in [-0.39, 0.29) is 5.91 Å². The van der Waals surface area contributed by atoms with Gasteiger partial charge in [-0.15, -0.1) is 5.10 Å². The van der Waals surface area contributed by atoms with Crippen LogP contribution in [0.5, 0.6) is 5.75 Å². The molecule has 0 saturated carbocycles. The molecule has 2 aliphatic heterocycles. The molecule has 2 heterocycles. The minimum atomic E-state index is -0.501. The molecule has 7 heteroatoms. The molecule has 3 aromatic carbocycles. The van der Waals surface area contributed by atoms with E-state index in [1.54, 1.807) is 5.01 Å². The van der Waals surface area contributed by atoms with Gasteiger partial charge in [-0.2, -0.15) is 0 Å². The number of hydrogen-bond acceptors (Lipinski definition) is 6. The largest absolute Gasteiger partial charge is 0.493 e. The van der Waals surface area contributed by atoms with Crippen LogP contribution >= 0.6 is 11.8 Å². The van der Waals surface area contributed by atoms with Crippen molar-refractivity contribution >= 4 is 28.5 Å². The molecule has 0 fully saturated rings. The number of hydrazone groups is 1. The average Bonchev–Trinajstić information content (AvgIpc) is 2.83. The Labute approximate surface area is 196 Å². The number of benzene rings is 3. The van der Waals surface area contributed by atoms with Gasteiger partial charge < -0.3 is 4.74 Å². The van der Waals surface area contributed by atoms with E-state index in [1.807, 2.05) is 55.5 Å². The van der Waals surface area contributed by atoms with Gasteiger partial charge in [0.2, 0.25) is 0 Å². The number of carbonyl (C=O) groups is 1. The van der Waals surface area contributed by atoms with Gasteiger partial charge in [-0.1, -0.05) is 78.0 Å². The van der Waals surface area contributed by atoms with Gasteiger partial charge in [-0.25, -0.2) is 5.01 Å². The van der Waals surface area contributed by atoms with Crippen LogP contribution in [-0.2, 0) is 10.5 Å². The zero-order valence-electron chi connectivity index (χ0n) is 18.5. The number of nitrogens with one attached hydrogen (secondary N) is 1. The molecule has 0 saturated heterocycles. The monoisotopic (exact) mass is 456 g/mol. The SMILES string of the molecule is CCOc1ccccc1C1N=c2ccccc2=C2C(=O)NC(SCc3ccc(C)cc3)=NN21. The third kappa shape index (κ3) is 4.24. The van der Waals surface area contributed by atoms with Crippen LogP contribution < -0.4 is 20.6 Å². The minimum Gasteiger partial charge on any atom is -0.493 e. The molecule has 0 radical (unpaired) electrons. The molecule has 1 N–H and O–H groups in total. The summed E-state index contributed by atoms with van der Waals surface area (Å²) >= 11 is 1.50. The van der Waals surface area contributed by atoms with Crippen molar-refractivity contribution in [1.29, 1.82) is 0 Å². The Morgan fingerprint density at radius 3 is 2.61 bits per heavy atom. The summed E-state index contributed by atoms with van der Waals surface area (Å²) in [5.74, 6) is 1.26. The Bertz CT molecular complexity index is 1350. The summed E-state index contributed by atoms with van der Waals surface area (Å²) < 4.78 is 5.88. The number of amidine groups is 1. The lowest BCUT2D eigenvalue weighted by Gasteiger charge is -2.34. The number of thioether (sulfide) groups is 1. The second-order valence-corrected chi connectivity index (χ2v) is 8.78. The van der Waals surface area contributed by atoms with Crippen molar-refractivity contribution in [3.63, 3.8) is 0 Å². The van der Waals surface area contributed by atoms with Crippen LogP contribution in [0.4, 0.5) is 0 Å². The Balaban J connectivity index is 1.57. The van der Waals surface area contributed by atoms with E-state index < -0.39 is 6.17 Å². The number of aryl methyl sites for hydroxylation is 1. The highest BCUT2D eigenvalue weighted by Gasteiger charge is 2.35. The third-order valence-corrected chi connectivity index (χ3v) is 6.44. The van der Waals surface area contributed by atoms with Crippen molar-refractivity contribution in [1.82, 2.24) is 10.3 Å².